The first-order chi connectivity index (χ1) is 11.1. The molecule has 2 N–H and O–H groups in total. The van der Waals surface area contributed by atoms with E-state index in [2.05, 4.69) is 20.3 Å². The molecule has 3 aromatic rings. The first kappa shape index (κ1) is 15.0. The van der Waals surface area contributed by atoms with Gasteiger partial charge in [-0.15, -0.1) is 0 Å². The Hall–Kier alpha value is -2.96. The van der Waals surface area contributed by atoms with E-state index >= 15 is 0 Å². The van der Waals surface area contributed by atoms with Crippen molar-refractivity contribution in [3.63, 3.8) is 0 Å². The van der Waals surface area contributed by atoms with Gasteiger partial charge in [-0.05, 0) is 24.3 Å². The number of rotatable bonds is 4. The Kier molecular flexibility index (Phi) is 3.92. The van der Waals surface area contributed by atoms with Gasteiger partial charge in [0.1, 0.15) is 28.9 Å². The van der Waals surface area contributed by atoms with Crippen LogP contribution in [0.25, 0.3) is 11.0 Å². The van der Waals surface area contributed by atoms with E-state index in [-0.39, 0.29) is 0 Å². The molecule has 2 aromatic heterocycles. The summed E-state index contributed by atoms with van der Waals surface area (Å²) < 4.78 is 6.90. The molecule has 118 valence electrons. The fourth-order valence-electron chi connectivity index (χ4n) is 2.37. The van der Waals surface area contributed by atoms with E-state index in [0.717, 1.165) is 23.7 Å². The molecule has 0 radical (unpaired) electrons. The van der Waals surface area contributed by atoms with E-state index in [0.29, 0.717) is 22.3 Å². The number of hydrogen-bond acceptors (Lipinski definition) is 6. The second kappa shape index (κ2) is 6.04. The van der Waals surface area contributed by atoms with Gasteiger partial charge in [0.2, 0.25) is 0 Å². The van der Waals surface area contributed by atoms with Crippen molar-refractivity contribution in [3.8, 4) is 5.75 Å². The number of fused-ring (bicyclic) bond motifs is 1. The van der Waals surface area contributed by atoms with Crippen LogP contribution in [0.1, 0.15) is 12.7 Å². The van der Waals surface area contributed by atoms with Crippen LogP contribution in [0.2, 0.25) is 0 Å². The zero-order valence-electron chi connectivity index (χ0n) is 13.3. The molecule has 0 spiro atoms. The Balaban J connectivity index is 2.10. The molecule has 7 heteroatoms. The largest absolute Gasteiger partial charge is 0.497 e. The molecule has 7 nitrogen and oxygen atoms in total. The zero-order chi connectivity index (χ0) is 16.4. The molecule has 0 saturated heterocycles. The number of ether oxygens (including phenoxy) is 1. The molecule has 0 unspecified atom stereocenters. The van der Waals surface area contributed by atoms with Crippen molar-refractivity contribution in [2.45, 2.75) is 13.3 Å². The lowest BCUT2D eigenvalue weighted by atomic mass is 10.3. The van der Waals surface area contributed by atoms with Crippen molar-refractivity contribution in [2.75, 3.05) is 12.4 Å². The summed E-state index contributed by atoms with van der Waals surface area (Å²) in [5.74, 6) is 2.19. The lowest BCUT2D eigenvalue weighted by molar-refractivity contribution is 0.415. The summed E-state index contributed by atoms with van der Waals surface area (Å²) >= 11 is 0. The zero-order valence-corrected chi connectivity index (χ0v) is 13.3. The fraction of sp³-hybridized carbons (Fsp3) is 0.250. The lowest BCUT2D eigenvalue weighted by Gasteiger charge is -2.12. The number of aromatic nitrogens is 4. The maximum atomic E-state index is 8.25. The highest BCUT2D eigenvalue weighted by Gasteiger charge is 2.11. The van der Waals surface area contributed by atoms with Gasteiger partial charge in [0, 0.05) is 19.2 Å². The maximum absolute atomic E-state index is 8.25. The van der Waals surface area contributed by atoms with E-state index in [4.69, 9.17) is 10.1 Å². The van der Waals surface area contributed by atoms with Crippen LogP contribution in [-0.4, -0.2) is 26.6 Å². The molecule has 1 aromatic carbocycles. The van der Waals surface area contributed by atoms with Crippen LogP contribution in [-0.2, 0) is 13.5 Å². The third kappa shape index (κ3) is 2.73. The highest BCUT2D eigenvalue weighted by Crippen LogP contribution is 2.22. The highest BCUT2D eigenvalue weighted by molar-refractivity contribution is 5.86. The van der Waals surface area contributed by atoms with Crippen LogP contribution in [0.5, 0.6) is 5.75 Å². The second-order valence-corrected chi connectivity index (χ2v) is 5.06. The Bertz CT molecular complexity index is 901. The molecule has 0 saturated carbocycles. The molecular formula is C16H18N6O. The Morgan fingerprint density at radius 1 is 1.17 bits per heavy atom. The predicted molar refractivity (Wildman–Crippen MR) is 87.8 cm³/mol. The number of nitrogens with one attached hydrogen (secondary N) is 2. The summed E-state index contributed by atoms with van der Waals surface area (Å²) in [6.07, 6.45) is 2.18. The number of aryl methyl sites for hydroxylation is 1. The highest BCUT2D eigenvalue weighted by atomic mass is 16.5. The van der Waals surface area contributed by atoms with E-state index in [1.54, 1.807) is 11.7 Å². The first-order valence-corrected chi connectivity index (χ1v) is 7.30. The van der Waals surface area contributed by atoms with Gasteiger partial charge in [-0.25, -0.2) is 15.0 Å². The standard InChI is InChI=1S/C16H18N6O/c1-4-12-21-14-13(15(17)22(12)2)18-9-19-16(14)20-10-5-7-11(23-3)8-6-10/h5-9,17H,4H2,1-3H3,(H,18,19,20). The minimum absolute atomic E-state index is 0.326. The molecule has 0 aliphatic rings. The lowest BCUT2D eigenvalue weighted by Crippen LogP contribution is -2.23. The van der Waals surface area contributed by atoms with E-state index in [1.807, 2.05) is 38.2 Å². The summed E-state index contributed by atoms with van der Waals surface area (Å²) in [4.78, 5) is 13.1. The van der Waals surface area contributed by atoms with Crippen molar-refractivity contribution in [1.29, 1.82) is 5.41 Å². The van der Waals surface area contributed by atoms with Crippen LogP contribution in [0, 0.1) is 5.41 Å². The molecule has 0 aliphatic carbocycles. The quantitative estimate of drug-likeness (QED) is 0.771. The van der Waals surface area contributed by atoms with Gasteiger partial charge in [-0.2, -0.15) is 0 Å². The number of hydrogen-bond donors (Lipinski definition) is 2. The van der Waals surface area contributed by atoms with Crippen molar-refractivity contribution < 1.29 is 4.74 Å². The number of anilines is 2. The van der Waals surface area contributed by atoms with Crippen LogP contribution in [0.4, 0.5) is 11.5 Å². The van der Waals surface area contributed by atoms with Crippen LogP contribution in [0.15, 0.2) is 30.6 Å². The van der Waals surface area contributed by atoms with Gasteiger partial charge in [-0.3, -0.25) is 5.41 Å². The fourth-order valence-corrected chi connectivity index (χ4v) is 2.37. The Morgan fingerprint density at radius 2 is 1.91 bits per heavy atom. The third-order valence-corrected chi connectivity index (χ3v) is 3.68. The SMILES string of the molecule is CCc1nc2c(Nc3ccc(OC)cc3)ncnc2c(=N)n1C. The average molecular weight is 310 g/mol. The van der Waals surface area contributed by atoms with E-state index < -0.39 is 0 Å². The third-order valence-electron chi connectivity index (χ3n) is 3.68. The van der Waals surface area contributed by atoms with Gasteiger partial charge in [0.15, 0.2) is 11.3 Å². The summed E-state index contributed by atoms with van der Waals surface area (Å²) in [6, 6.07) is 7.54. The number of nitrogens with zero attached hydrogens (tertiary/aromatic N) is 4. The molecule has 0 bridgehead atoms. The minimum Gasteiger partial charge on any atom is -0.497 e. The van der Waals surface area contributed by atoms with Gasteiger partial charge in [0.05, 0.1) is 7.11 Å². The van der Waals surface area contributed by atoms with Gasteiger partial charge < -0.3 is 14.6 Å². The van der Waals surface area contributed by atoms with E-state index in [1.165, 1.54) is 6.33 Å². The van der Waals surface area contributed by atoms with Crippen LogP contribution in [0.3, 0.4) is 0 Å². The molecule has 0 amide bonds. The Labute approximate surface area is 133 Å². The molecule has 23 heavy (non-hydrogen) atoms. The van der Waals surface area contributed by atoms with Crippen LogP contribution < -0.4 is 15.5 Å². The van der Waals surface area contributed by atoms with Crippen molar-refractivity contribution in [3.05, 3.63) is 41.9 Å². The summed E-state index contributed by atoms with van der Waals surface area (Å²) in [5.41, 5.74) is 2.32. The first-order valence-electron chi connectivity index (χ1n) is 7.30. The normalized spacial score (nSPS) is 10.7. The van der Waals surface area contributed by atoms with Gasteiger partial charge >= 0.3 is 0 Å². The van der Waals surface area contributed by atoms with Gasteiger partial charge in [0.25, 0.3) is 0 Å². The average Bonchev–Trinajstić information content (AvgIpc) is 2.59. The summed E-state index contributed by atoms with van der Waals surface area (Å²) in [5, 5.41) is 11.5. The molecular weight excluding hydrogens is 292 g/mol. The Morgan fingerprint density at radius 3 is 2.57 bits per heavy atom. The van der Waals surface area contributed by atoms with Gasteiger partial charge in [-0.1, -0.05) is 6.92 Å². The topological polar surface area (TPSA) is 88.7 Å². The maximum Gasteiger partial charge on any atom is 0.160 e. The number of methoxy groups -OCH3 is 1. The molecule has 0 fully saturated rings. The molecule has 0 aliphatic heterocycles. The minimum atomic E-state index is 0.326. The van der Waals surface area contributed by atoms with E-state index in [9.17, 15) is 0 Å². The second-order valence-electron chi connectivity index (χ2n) is 5.06. The molecule has 3 rings (SSSR count). The monoisotopic (exact) mass is 310 g/mol. The predicted octanol–water partition coefficient (Wildman–Crippen LogP) is 2.16. The van der Waals surface area contributed by atoms with Crippen molar-refractivity contribution in [2.24, 2.45) is 7.05 Å². The number of benzene rings is 1. The van der Waals surface area contributed by atoms with Crippen LogP contribution >= 0.6 is 0 Å². The summed E-state index contributed by atoms with van der Waals surface area (Å²) in [7, 11) is 3.46. The smallest absolute Gasteiger partial charge is 0.160 e. The van der Waals surface area contributed by atoms with Crippen molar-refractivity contribution >= 4 is 22.5 Å². The molecule has 2 heterocycles. The summed E-state index contributed by atoms with van der Waals surface area (Å²) in [6.45, 7) is 2.01. The molecule has 0 atom stereocenters. The van der Waals surface area contributed by atoms with Crippen molar-refractivity contribution in [1.82, 2.24) is 19.5 Å².